The summed E-state index contributed by atoms with van der Waals surface area (Å²) in [5, 5.41) is 29.1. The van der Waals surface area contributed by atoms with Crippen molar-refractivity contribution in [1.82, 2.24) is 15.1 Å². The van der Waals surface area contributed by atoms with E-state index >= 15 is 0 Å². The first kappa shape index (κ1) is 17.6. The van der Waals surface area contributed by atoms with E-state index < -0.39 is 6.23 Å². The van der Waals surface area contributed by atoms with E-state index in [2.05, 4.69) is 22.8 Å². The van der Waals surface area contributed by atoms with Crippen molar-refractivity contribution in [2.24, 2.45) is 0 Å². The van der Waals surface area contributed by atoms with E-state index in [0.29, 0.717) is 24.4 Å². The van der Waals surface area contributed by atoms with Crippen LogP contribution in [0.3, 0.4) is 0 Å². The smallest absolute Gasteiger partial charge is 0.136 e. The van der Waals surface area contributed by atoms with E-state index in [0.717, 1.165) is 38.2 Å². The lowest BCUT2D eigenvalue weighted by atomic mass is 9.95. The predicted octanol–water partition coefficient (Wildman–Crippen LogP) is 3.42. The first-order valence-corrected chi connectivity index (χ1v) is 9.69. The molecule has 3 aromatic rings. The van der Waals surface area contributed by atoms with Gasteiger partial charge < -0.3 is 10.8 Å². The standard InChI is InChI=1S/C20H19N5OS/c1-11(8-21)9-25-10-15-13(4-5-16(22)18(15)20(25)26)12-3-6-17-14(7-12)19(27-2)24-23-17/h3-7,20,26H,1,9-10,22H2,2H3,(H,23,24). The molecule has 6 nitrogen and oxygen atoms in total. The van der Waals surface area contributed by atoms with Gasteiger partial charge in [0.1, 0.15) is 11.3 Å². The summed E-state index contributed by atoms with van der Waals surface area (Å²) in [6.45, 7) is 4.54. The van der Waals surface area contributed by atoms with Gasteiger partial charge in [0.05, 0.1) is 11.6 Å². The van der Waals surface area contributed by atoms with Crippen LogP contribution in [0.15, 0.2) is 47.5 Å². The summed E-state index contributed by atoms with van der Waals surface area (Å²) in [6.07, 6.45) is 1.16. The zero-order valence-electron chi connectivity index (χ0n) is 14.9. The molecular weight excluding hydrogens is 358 g/mol. The molecule has 0 saturated carbocycles. The third-order valence-electron chi connectivity index (χ3n) is 4.94. The Balaban J connectivity index is 1.81. The molecule has 2 aromatic carbocycles. The van der Waals surface area contributed by atoms with Gasteiger partial charge in [0, 0.05) is 35.3 Å². The highest BCUT2D eigenvalue weighted by molar-refractivity contribution is 7.98. The minimum Gasteiger partial charge on any atom is -0.398 e. The maximum absolute atomic E-state index is 10.7. The quantitative estimate of drug-likeness (QED) is 0.366. The van der Waals surface area contributed by atoms with E-state index in [1.54, 1.807) is 16.7 Å². The van der Waals surface area contributed by atoms with Gasteiger partial charge in [0.2, 0.25) is 0 Å². The number of anilines is 1. The second kappa shape index (κ2) is 6.74. The van der Waals surface area contributed by atoms with Gasteiger partial charge in [-0.1, -0.05) is 18.7 Å². The van der Waals surface area contributed by atoms with Gasteiger partial charge in [-0.2, -0.15) is 10.4 Å². The van der Waals surface area contributed by atoms with E-state index in [4.69, 9.17) is 11.0 Å². The molecule has 1 aliphatic rings. The molecule has 4 N–H and O–H groups in total. The van der Waals surface area contributed by atoms with E-state index in [9.17, 15) is 5.11 Å². The van der Waals surface area contributed by atoms with E-state index in [1.165, 1.54) is 0 Å². The number of fused-ring (bicyclic) bond motifs is 2. The molecule has 0 spiro atoms. The van der Waals surface area contributed by atoms with Gasteiger partial charge in [-0.3, -0.25) is 10.00 Å². The molecule has 2 heterocycles. The third kappa shape index (κ3) is 2.88. The summed E-state index contributed by atoms with van der Waals surface area (Å²) in [7, 11) is 0. The van der Waals surface area contributed by atoms with Crippen LogP contribution in [0, 0.1) is 11.3 Å². The van der Waals surface area contributed by atoms with Gasteiger partial charge in [-0.25, -0.2) is 0 Å². The van der Waals surface area contributed by atoms with Crippen molar-refractivity contribution in [1.29, 1.82) is 5.26 Å². The van der Waals surface area contributed by atoms with Crippen molar-refractivity contribution in [2.45, 2.75) is 17.8 Å². The summed E-state index contributed by atoms with van der Waals surface area (Å²) in [6, 6.07) is 12.0. The summed E-state index contributed by atoms with van der Waals surface area (Å²) in [5.41, 5.74) is 11.9. The maximum Gasteiger partial charge on any atom is 0.136 e. The number of benzene rings is 2. The maximum atomic E-state index is 10.7. The normalized spacial score (nSPS) is 16.4. The number of aromatic nitrogens is 2. The minimum atomic E-state index is -0.843. The number of H-pyrrole nitrogens is 1. The zero-order valence-corrected chi connectivity index (χ0v) is 15.7. The van der Waals surface area contributed by atoms with Gasteiger partial charge in [-0.15, -0.1) is 11.8 Å². The highest BCUT2D eigenvalue weighted by Crippen LogP contribution is 2.42. The summed E-state index contributed by atoms with van der Waals surface area (Å²) in [5.74, 6) is 0. The average molecular weight is 377 g/mol. The number of aliphatic hydroxyl groups excluding tert-OH is 1. The molecule has 0 amide bonds. The van der Waals surface area contributed by atoms with Crippen LogP contribution in [0.5, 0.6) is 0 Å². The van der Waals surface area contributed by atoms with Crippen LogP contribution in [-0.4, -0.2) is 33.0 Å². The number of nitrogens with zero attached hydrogens (tertiary/aromatic N) is 3. The number of nitriles is 1. The number of nitrogens with one attached hydrogen (secondary N) is 1. The van der Waals surface area contributed by atoms with Crippen molar-refractivity contribution in [3.63, 3.8) is 0 Å². The zero-order chi connectivity index (χ0) is 19.1. The van der Waals surface area contributed by atoms with Crippen molar-refractivity contribution in [3.05, 3.63) is 53.6 Å². The highest BCUT2D eigenvalue weighted by atomic mass is 32.2. The van der Waals surface area contributed by atoms with Crippen LogP contribution in [0.2, 0.25) is 0 Å². The predicted molar refractivity (Wildman–Crippen MR) is 108 cm³/mol. The van der Waals surface area contributed by atoms with Gasteiger partial charge in [0.15, 0.2) is 0 Å². The van der Waals surface area contributed by atoms with Crippen LogP contribution in [0.25, 0.3) is 22.0 Å². The van der Waals surface area contributed by atoms with Crippen molar-refractivity contribution in [2.75, 3.05) is 18.5 Å². The number of aliphatic hydroxyl groups is 1. The number of hydrogen-bond acceptors (Lipinski definition) is 6. The van der Waals surface area contributed by atoms with Crippen molar-refractivity contribution in [3.8, 4) is 17.2 Å². The molecule has 4 rings (SSSR count). The highest BCUT2D eigenvalue weighted by Gasteiger charge is 2.32. The molecule has 0 saturated heterocycles. The fourth-order valence-corrected chi connectivity index (χ4v) is 4.16. The topological polar surface area (TPSA) is 102 Å². The Morgan fingerprint density at radius 3 is 3.04 bits per heavy atom. The molecule has 136 valence electrons. The molecule has 7 heteroatoms. The van der Waals surface area contributed by atoms with Gasteiger partial charge in [0.25, 0.3) is 0 Å². The summed E-state index contributed by atoms with van der Waals surface area (Å²) >= 11 is 1.60. The lowest BCUT2D eigenvalue weighted by Gasteiger charge is -2.19. The second-order valence-corrected chi connectivity index (χ2v) is 7.38. The Morgan fingerprint density at radius 1 is 1.48 bits per heavy atom. The molecule has 0 fully saturated rings. The summed E-state index contributed by atoms with van der Waals surface area (Å²) in [4.78, 5) is 1.81. The van der Waals surface area contributed by atoms with Crippen LogP contribution < -0.4 is 5.73 Å². The van der Waals surface area contributed by atoms with Crippen molar-refractivity contribution < 1.29 is 5.11 Å². The minimum absolute atomic E-state index is 0.308. The van der Waals surface area contributed by atoms with Crippen LogP contribution in [0.4, 0.5) is 5.69 Å². The molecule has 27 heavy (non-hydrogen) atoms. The monoisotopic (exact) mass is 377 g/mol. The van der Waals surface area contributed by atoms with E-state index in [-0.39, 0.29) is 0 Å². The molecule has 1 aliphatic heterocycles. The van der Waals surface area contributed by atoms with Gasteiger partial charge in [-0.05, 0) is 41.1 Å². The molecule has 1 unspecified atom stereocenters. The Bertz CT molecular complexity index is 1100. The Morgan fingerprint density at radius 2 is 2.30 bits per heavy atom. The molecule has 0 radical (unpaired) electrons. The number of rotatable bonds is 4. The van der Waals surface area contributed by atoms with Gasteiger partial charge >= 0.3 is 0 Å². The number of nitrogens with two attached hydrogens (primary N) is 1. The molecule has 1 aromatic heterocycles. The summed E-state index contributed by atoms with van der Waals surface area (Å²) < 4.78 is 0. The number of hydrogen-bond donors (Lipinski definition) is 3. The van der Waals surface area contributed by atoms with Crippen LogP contribution in [-0.2, 0) is 6.54 Å². The van der Waals surface area contributed by atoms with Crippen molar-refractivity contribution >= 4 is 28.4 Å². The molecule has 1 atom stereocenters. The number of thioether (sulfide) groups is 1. The Kier molecular flexibility index (Phi) is 4.40. The Hall–Kier alpha value is -2.79. The number of nitrogen functional groups attached to an aromatic ring is 1. The first-order chi connectivity index (χ1) is 13.0. The fourth-order valence-electron chi connectivity index (χ4n) is 3.64. The third-order valence-corrected chi connectivity index (χ3v) is 5.64. The lowest BCUT2D eigenvalue weighted by Crippen LogP contribution is -2.24. The molecular formula is C20H19N5OS. The molecule has 0 aliphatic carbocycles. The lowest BCUT2D eigenvalue weighted by molar-refractivity contribution is 0.0217. The van der Waals surface area contributed by atoms with Crippen LogP contribution in [0.1, 0.15) is 17.4 Å². The largest absolute Gasteiger partial charge is 0.398 e. The first-order valence-electron chi connectivity index (χ1n) is 8.47. The second-order valence-electron chi connectivity index (χ2n) is 6.58. The molecule has 0 bridgehead atoms. The van der Waals surface area contributed by atoms with E-state index in [1.807, 2.05) is 36.6 Å². The average Bonchev–Trinajstić information content (AvgIpc) is 3.23. The Labute approximate surface area is 161 Å². The number of aromatic amines is 1. The SMILES string of the molecule is C=C(C#N)CN1Cc2c(-c3ccc4[nH]nc(SC)c4c3)ccc(N)c2C1O. The fraction of sp³-hybridized carbons (Fsp3) is 0.200. The van der Waals surface area contributed by atoms with Crippen LogP contribution >= 0.6 is 11.8 Å².